The highest BCUT2D eigenvalue weighted by molar-refractivity contribution is 5.94. The molecular formula is C16H21N3O4. The maximum absolute atomic E-state index is 12.1. The summed E-state index contributed by atoms with van der Waals surface area (Å²) >= 11 is 0. The Morgan fingerprint density at radius 2 is 2.04 bits per heavy atom. The van der Waals surface area contributed by atoms with Gasteiger partial charge in [-0.3, -0.25) is 19.3 Å². The Balaban J connectivity index is 1.49. The number of nitrogens with one attached hydrogen (secondary N) is 2. The second-order valence-corrected chi connectivity index (χ2v) is 6.50. The number of carboxylic acids is 1. The fourth-order valence-corrected chi connectivity index (χ4v) is 2.97. The largest absolute Gasteiger partial charge is 0.480 e. The Kier molecular flexibility index (Phi) is 4.47. The summed E-state index contributed by atoms with van der Waals surface area (Å²) in [5, 5.41) is 12.0. The molecule has 2 fully saturated rings. The van der Waals surface area contributed by atoms with Crippen molar-refractivity contribution < 1.29 is 14.7 Å². The molecule has 3 rings (SSSR count). The van der Waals surface area contributed by atoms with Crippen LogP contribution in [-0.4, -0.2) is 52.0 Å². The van der Waals surface area contributed by atoms with Crippen LogP contribution < -0.4 is 10.9 Å². The van der Waals surface area contributed by atoms with Crippen molar-refractivity contribution in [2.75, 3.05) is 13.1 Å². The summed E-state index contributed by atoms with van der Waals surface area (Å²) in [6, 6.07) is 3.11. The van der Waals surface area contributed by atoms with Crippen LogP contribution in [0.25, 0.3) is 0 Å². The van der Waals surface area contributed by atoms with Gasteiger partial charge in [0, 0.05) is 30.9 Å². The summed E-state index contributed by atoms with van der Waals surface area (Å²) in [5.74, 6) is -0.368. The fourth-order valence-electron chi connectivity index (χ4n) is 2.97. The molecule has 0 radical (unpaired) electrons. The van der Waals surface area contributed by atoms with Gasteiger partial charge in [-0.2, -0.15) is 0 Å². The molecular weight excluding hydrogens is 298 g/mol. The first-order valence-corrected chi connectivity index (χ1v) is 7.96. The van der Waals surface area contributed by atoms with Crippen molar-refractivity contribution in [2.45, 2.75) is 37.8 Å². The number of aromatic amines is 1. The molecule has 0 atom stereocenters. The zero-order chi connectivity index (χ0) is 16.4. The standard InChI is InChI=1S/C16H21N3O4/c20-14-4-3-11(7-17-14)16(23)18-12-5-13(6-12)19(9-15(21)22)8-10-1-2-10/h3-4,7,10,12-13H,1-2,5-6,8-9H2,(H,17,20)(H,18,23)(H,21,22). The van der Waals surface area contributed by atoms with Crippen molar-refractivity contribution in [3.8, 4) is 0 Å². The molecule has 1 aromatic heterocycles. The average molecular weight is 319 g/mol. The van der Waals surface area contributed by atoms with Gasteiger partial charge in [-0.25, -0.2) is 0 Å². The minimum atomic E-state index is -0.800. The summed E-state index contributed by atoms with van der Waals surface area (Å²) in [4.78, 5) is 38.5. The van der Waals surface area contributed by atoms with Gasteiger partial charge in [-0.05, 0) is 37.7 Å². The van der Waals surface area contributed by atoms with E-state index in [1.807, 2.05) is 4.90 Å². The van der Waals surface area contributed by atoms with Gasteiger partial charge in [-0.15, -0.1) is 0 Å². The van der Waals surface area contributed by atoms with Crippen LogP contribution in [-0.2, 0) is 4.79 Å². The molecule has 0 spiro atoms. The molecule has 7 nitrogen and oxygen atoms in total. The number of carboxylic acid groups (broad SMARTS) is 1. The van der Waals surface area contributed by atoms with E-state index in [2.05, 4.69) is 10.3 Å². The molecule has 7 heteroatoms. The fraction of sp³-hybridized carbons (Fsp3) is 0.562. The summed E-state index contributed by atoms with van der Waals surface area (Å²) in [6.07, 6.45) is 5.33. The Labute approximate surface area is 133 Å². The molecule has 2 aliphatic rings. The van der Waals surface area contributed by atoms with E-state index in [0.29, 0.717) is 11.5 Å². The van der Waals surface area contributed by atoms with Crippen LogP contribution in [0.5, 0.6) is 0 Å². The smallest absolute Gasteiger partial charge is 0.317 e. The SMILES string of the molecule is O=C(O)CN(CC1CC1)C1CC(NC(=O)c2ccc(=O)[nH]c2)C1. The first-order chi connectivity index (χ1) is 11.0. The highest BCUT2D eigenvalue weighted by Crippen LogP contribution is 2.33. The number of rotatable bonds is 7. The van der Waals surface area contributed by atoms with Gasteiger partial charge in [0.1, 0.15) is 0 Å². The number of H-pyrrole nitrogens is 1. The molecule has 1 aromatic rings. The Morgan fingerprint density at radius 3 is 2.61 bits per heavy atom. The van der Waals surface area contributed by atoms with Crippen molar-refractivity contribution in [2.24, 2.45) is 5.92 Å². The molecule has 0 bridgehead atoms. The van der Waals surface area contributed by atoms with Gasteiger partial charge in [0.05, 0.1) is 12.1 Å². The number of hydrogen-bond acceptors (Lipinski definition) is 4. The van der Waals surface area contributed by atoms with Crippen LogP contribution in [0.3, 0.4) is 0 Å². The monoisotopic (exact) mass is 319 g/mol. The minimum absolute atomic E-state index is 0.0647. The van der Waals surface area contributed by atoms with Crippen LogP contribution in [0, 0.1) is 5.92 Å². The highest BCUT2D eigenvalue weighted by atomic mass is 16.4. The van der Waals surface area contributed by atoms with Gasteiger partial charge >= 0.3 is 5.97 Å². The molecule has 2 saturated carbocycles. The molecule has 3 N–H and O–H groups in total. The lowest BCUT2D eigenvalue weighted by Crippen LogP contribution is -2.55. The normalized spacial score (nSPS) is 23.3. The lowest BCUT2D eigenvalue weighted by Gasteiger charge is -2.42. The van der Waals surface area contributed by atoms with E-state index >= 15 is 0 Å². The molecule has 124 valence electrons. The van der Waals surface area contributed by atoms with Crippen LogP contribution in [0.1, 0.15) is 36.0 Å². The second-order valence-electron chi connectivity index (χ2n) is 6.50. The number of carbonyl (C=O) groups excluding carboxylic acids is 1. The Hall–Kier alpha value is -2.15. The molecule has 0 unspecified atom stereocenters. The van der Waals surface area contributed by atoms with E-state index in [1.165, 1.54) is 31.2 Å². The quantitative estimate of drug-likeness (QED) is 0.676. The minimum Gasteiger partial charge on any atom is -0.480 e. The van der Waals surface area contributed by atoms with Gasteiger partial charge in [0.15, 0.2) is 0 Å². The lowest BCUT2D eigenvalue weighted by atomic mass is 9.85. The maximum atomic E-state index is 12.1. The number of hydrogen-bond donors (Lipinski definition) is 3. The van der Waals surface area contributed by atoms with E-state index in [0.717, 1.165) is 19.4 Å². The van der Waals surface area contributed by atoms with Crippen LogP contribution in [0.4, 0.5) is 0 Å². The Bertz CT molecular complexity index is 626. The van der Waals surface area contributed by atoms with E-state index in [4.69, 9.17) is 5.11 Å². The molecule has 0 aliphatic heterocycles. The number of aromatic nitrogens is 1. The number of nitrogens with zero attached hydrogens (tertiary/aromatic N) is 1. The summed E-state index contributed by atoms with van der Waals surface area (Å²) in [7, 11) is 0. The molecule has 1 heterocycles. The van der Waals surface area contributed by atoms with E-state index < -0.39 is 5.97 Å². The van der Waals surface area contributed by atoms with Crippen LogP contribution >= 0.6 is 0 Å². The second kappa shape index (κ2) is 6.54. The van der Waals surface area contributed by atoms with Crippen LogP contribution in [0.15, 0.2) is 23.1 Å². The van der Waals surface area contributed by atoms with Crippen molar-refractivity contribution in [1.82, 2.24) is 15.2 Å². The highest BCUT2D eigenvalue weighted by Gasteiger charge is 2.37. The van der Waals surface area contributed by atoms with Crippen molar-refractivity contribution in [3.05, 3.63) is 34.2 Å². The Morgan fingerprint density at radius 1 is 1.30 bits per heavy atom. The third-order valence-electron chi connectivity index (χ3n) is 4.54. The van der Waals surface area contributed by atoms with E-state index in [1.54, 1.807) is 0 Å². The number of amides is 1. The van der Waals surface area contributed by atoms with Gasteiger partial charge < -0.3 is 15.4 Å². The van der Waals surface area contributed by atoms with Crippen molar-refractivity contribution >= 4 is 11.9 Å². The van der Waals surface area contributed by atoms with Gasteiger partial charge in [0.25, 0.3) is 5.91 Å². The van der Waals surface area contributed by atoms with E-state index in [-0.39, 0.29) is 30.1 Å². The molecule has 2 aliphatic carbocycles. The van der Waals surface area contributed by atoms with Crippen LogP contribution in [0.2, 0.25) is 0 Å². The summed E-state index contributed by atoms with van der Waals surface area (Å²) in [5.41, 5.74) is 0.183. The molecule has 23 heavy (non-hydrogen) atoms. The van der Waals surface area contributed by atoms with Crippen molar-refractivity contribution in [1.29, 1.82) is 0 Å². The number of aliphatic carboxylic acids is 1. The number of carbonyl (C=O) groups is 2. The predicted molar refractivity (Wildman–Crippen MR) is 83.3 cm³/mol. The first-order valence-electron chi connectivity index (χ1n) is 7.96. The third kappa shape index (κ3) is 4.19. The summed E-state index contributed by atoms with van der Waals surface area (Å²) in [6.45, 7) is 0.916. The van der Waals surface area contributed by atoms with Gasteiger partial charge in [0.2, 0.25) is 5.56 Å². The van der Waals surface area contributed by atoms with E-state index in [9.17, 15) is 14.4 Å². The lowest BCUT2D eigenvalue weighted by molar-refractivity contribution is -0.139. The zero-order valence-corrected chi connectivity index (χ0v) is 12.8. The average Bonchev–Trinajstić information content (AvgIpc) is 3.25. The summed E-state index contributed by atoms with van der Waals surface area (Å²) < 4.78 is 0. The topological polar surface area (TPSA) is 102 Å². The molecule has 1 amide bonds. The molecule has 0 saturated heterocycles. The number of pyridine rings is 1. The third-order valence-corrected chi connectivity index (χ3v) is 4.54. The predicted octanol–water partition coefficient (Wildman–Crippen LogP) is 0.432. The van der Waals surface area contributed by atoms with Gasteiger partial charge in [-0.1, -0.05) is 0 Å². The van der Waals surface area contributed by atoms with Crippen molar-refractivity contribution in [3.63, 3.8) is 0 Å². The first kappa shape index (κ1) is 15.7. The maximum Gasteiger partial charge on any atom is 0.317 e. The zero-order valence-electron chi connectivity index (χ0n) is 12.8. The molecule has 0 aromatic carbocycles.